The van der Waals surface area contributed by atoms with Crippen LogP contribution in [0.15, 0.2) is 147 Å². The number of nitrogens with zero attached hydrogens (tertiary/aromatic N) is 4. The molecule has 39 heavy (non-hydrogen) atoms. The second kappa shape index (κ2) is 11.8. The first kappa shape index (κ1) is 24.6. The van der Waals surface area contributed by atoms with Crippen LogP contribution >= 0.6 is 0 Å². The number of ether oxygens (including phenoxy) is 1. The van der Waals surface area contributed by atoms with Gasteiger partial charge in [-0.2, -0.15) is 0 Å². The molecule has 0 bridgehead atoms. The van der Waals surface area contributed by atoms with Gasteiger partial charge in [-0.25, -0.2) is 9.97 Å². The van der Waals surface area contributed by atoms with Gasteiger partial charge in [0.2, 0.25) is 0 Å². The van der Waals surface area contributed by atoms with Crippen LogP contribution in [0.4, 0.5) is 0 Å². The van der Waals surface area contributed by atoms with E-state index in [9.17, 15) is 0 Å². The van der Waals surface area contributed by atoms with Crippen molar-refractivity contribution in [1.29, 1.82) is 0 Å². The van der Waals surface area contributed by atoms with Crippen LogP contribution in [-0.2, 0) is 17.8 Å². The predicted octanol–water partition coefficient (Wildman–Crippen LogP) is 7.07. The third-order valence-electron chi connectivity index (χ3n) is 6.89. The van der Waals surface area contributed by atoms with Crippen molar-refractivity contribution in [3.8, 4) is 0 Å². The smallest absolute Gasteiger partial charge is 0.109 e. The Morgan fingerprint density at radius 1 is 0.487 bits per heavy atom. The molecule has 2 aromatic heterocycles. The summed E-state index contributed by atoms with van der Waals surface area (Å²) in [7, 11) is 0. The third-order valence-corrected chi connectivity index (χ3v) is 6.89. The molecule has 0 amide bonds. The first-order chi connectivity index (χ1) is 19.3. The number of rotatable bonds is 10. The first-order valence-electron chi connectivity index (χ1n) is 13.2. The van der Waals surface area contributed by atoms with Crippen molar-refractivity contribution in [2.45, 2.75) is 25.3 Å². The summed E-state index contributed by atoms with van der Waals surface area (Å²) in [6.45, 7) is 1.57. The molecule has 192 valence electrons. The summed E-state index contributed by atoms with van der Waals surface area (Å²) in [6, 6.07) is 38.4. The SMILES string of the molecule is c1ccc(C(OC(c2ccccc2)c2ccc(Cn3ccnc3)cc2)c2ccc(Cn3ccnc3)cc2)cc1. The van der Waals surface area contributed by atoms with Crippen LogP contribution in [0.2, 0.25) is 0 Å². The molecule has 5 heteroatoms. The van der Waals surface area contributed by atoms with Gasteiger partial charge in [0.25, 0.3) is 0 Å². The monoisotopic (exact) mass is 510 g/mol. The Bertz CT molecular complexity index is 1420. The van der Waals surface area contributed by atoms with E-state index < -0.39 is 0 Å². The van der Waals surface area contributed by atoms with Crippen molar-refractivity contribution in [2.75, 3.05) is 0 Å². The second-order valence-electron chi connectivity index (χ2n) is 9.67. The molecule has 2 atom stereocenters. The van der Waals surface area contributed by atoms with Gasteiger partial charge in [-0.1, -0.05) is 109 Å². The predicted molar refractivity (Wildman–Crippen MR) is 153 cm³/mol. The zero-order valence-electron chi connectivity index (χ0n) is 21.6. The summed E-state index contributed by atoms with van der Waals surface area (Å²) < 4.78 is 11.2. The molecule has 0 aliphatic rings. The standard InChI is InChI=1S/C34H30N4O/c1-3-7-29(8-4-1)33(31-15-11-27(12-16-31)23-37-21-19-35-25-37)39-34(30-9-5-2-6-10-30)32-17-13-28(14-18-32)24-38-22-20-36-26-38/h1-22,25-26,33-34H,23-24H2. The molecule has 6 aromatic rings. The summed E-state index contributed by atoms with van der Waals surface area (Å²) in [4.78, 5) is 8.31. The Morgan fingerprint density at radius 2 is 0.872 bits per heavy atom. The molecule has 0 fully saturated rings. The van der Waals surface area contributed by atoms with Gasteiger partial charge < -0.3 is 13.9 Å². The molecule has 0 spiro atoms. The highest BCUT2D eigenvalue weighted by Crippen LogP contribution is 2.36. The fourth-order valence-corrected chi connectivity index (χ4v) is 4.87. The topological polar surface area (TPSA) is 44.9 Å². The van der Waals surface area contributed by atoms with E-state index >= 15 is 0 Å². The maximum Gasteiger partial charge on any atom is 0.109 e. The zero-order valence-corrected chi connectivity index (χ0v) is 21.6. The van der Waals surface area contributed by atoms with E-state index in [-0.39, 0.29) is 12.2 Å². The highest BCUT2D eigenvalue weighted by atomic mass is 16.5. The summed E-state index contributed by atoms with van der Waals surface area (Å²) in [5.41, 5.74) is 6.92. The molecular weight excluding hydrogens is 480 g/mol. The van der Waals surface area contributed by atoms with E-state index in [2.05, 4.69) is 116 Å². The molecular formula is C34H30N4O. The minimum Gasteiger partial charge on any atom is -0.356 e. The zero-order chi connectivity index (χ0) is 26.3. The number of hydrogen-bond donors (Lipinski definition) is 0. The molecule has 0 saturated carbocycles. The van der Waals surface area contributed by atoms with Gasteiger partial charge >= 0.3 is 0 Å². The lowest BCUT2D eigenvalue weighted by Gasteiger charge is -2.27. The first-order valence-corrected chi connectivity index (χ1v) is 13.2. The number of imidazole rings is 2. The highest BCUT2D eigenvalue weighted by Gasteiger charge is 2.23. The van der Waals surface area contributed by atoms with Crippen LogP contribution < -0.4 is 0 Å². The molecule has 0 saturated heterocycles. The molecule has 0 aliphatic carbocycles. The summed E-state index contributed by atoms with van der Waals surface area (Å²) in [6.07, 6.45) is 10.8. The number of benzene rings is 4. The van der Waals surface area contributed by atoms with E-state index in [1.54, 1.807) is 0 Å². The molecule has 0 aliphatic heterocycles. The van der Waals surface area contributed by atoms with E-state index in [1.165, 1.54) is 11.1 Å². The van der Waals surface area contributed by atoms with Crippen LogP contribution in [0.25, 0.3) is 0 Å². The van der Waals surface area contributed by atoms with Crippen LogP contribution in [-0.4, -0.2) is 19.1 Å². The van der Waals surface area contributed by atoms with Crippen LogP contribution in [0.3, 0.4) is 0 Å². The van der Waals surface area contributed by atoms with Crippen molar-refractivity contribution in [2.24, 2.45) is 0 Å². The van der Waals surface area contributed by atoms with Gasteiger partial charge in [0.05, 0.1) is 12.7 Å². The third kappa shape index (κ3) is 6.06. The van der Waals surface area contributed by atoms with E-state index in [4.69, 9.17) is 4.74 Å². The molecule has 4 aromatic carbocycles. The quantitative estimate of drug-likeness (QED) is 0.198. The average Bonchev–Trinajstić information content (AvgIpc) is 3.71. The average molecular weight is 511 g/mol. The van der Waals surface area contributed by atoms with E-state index in [0.717, 1.165) is 35.3 Å². The Morgan fingerprint density at radius 3 is 1.23 bits per heavy atom. The van der Waals surface area contributed by atoms with Gasteiger partial charge in [-0.15, -0.1) is 0 Å². The highest BCUT2D eigenvalue weighted by molar-refractivity contribution is 5.36. The lowest BCUT2D eigenvalue weighted by Crippen LogP contribution is -2.13. The van der Waals surface area contributed by atoms with Crippen molar-refractivity contribution in [1.82, 2.24) is 19.1 Å². The number of aromatic nitrogens is 4. The molecule has 0 radical (unpaired) electrons. The lowest BCUT2D eigenvalue weighted by atomic mass is 9.97. The van der Waals surface area contributed by atoms with Crippen LogP contribution in [0.1, 0.15) is 45.6 Å². The van der Waals surface area contributed by atoms with Gasteiger partial charge in [-0.05, 0) is 33.4 Å². The fourth-order valence-electron chi connectivity index (χ4n) is 4.87. The fraction of sp³-hybridized carbons (Fsp3) is 0.118. The summed E-state index contributed by atoms with van der Waals surface area (Å²) in [5, 5.41) is 0. The van der Waals surface area contributed by atoms with Crippen molar-refractivity contribution in [3.05, 3.63) is 180 Å². The Hall–Kier alpha value is -4.74. The van der Waals surface area contributed by atoms with Gasteiger partial charge in [-0.3, -0.25) is 0 Å². The maximum atomic E-state index is 7.06. The van der Waals surface area contributed by atoms with Gasteiger partial charge in [0.15, 0.2) is 0 Å². The molecule has 6 rings (SSSR count). The normalized spacial score (nSPS) is 12.7. The largest absolute Gasteiger partial charge is 0.356 e. The van der Waals surface area contributed by atoms with Crippen molar-refractivity contribution < 1.29 is 4.74 Å². The van der Waals surface area contributed by atoms with Gasteiger partial charge in [0, 0.05) is 37.9 Å². The molecule has 0 N–H and O–H groups in total. The summed E-state index contributed by atoms with van der Waals surface area (Å²) >= 11 is 0. The van der Waals surface area contributed by atoms with Crippen molar-refractivity contribution in [3.63, 3.8) is 0 Å². The van der Waals surface area contributed by atoms with Gasteiger partial charge in [0.1, 0.15) is 12.2 Å². The van der Waals surface area contributed by atoms with E-state index in [0.29, 0.717) is 0 Å². The minimum atomic E-state index is -0.232. The molecule has 2 unspecified atom stereocenters. The summed E-state index contributed by atoms with van der Waals surface area (Å²) in [5.74, 6) is 0. The molecule has 2 heterocycles. The Balaban J connectivity index is 1.32. The maximum absolute atomic E-state index is 7.06. The number of hydrogen-bond acceptors (Lipinski definition) is 3. The lowest BCUT2D eigenvalue weighted by molar-refractivity contribution is 0.0308. The van der Waals surface area contributed by atoms with E-state index in [1.807, 2.05) is 49.6 Å². The second-order valence-corrected chi connectivity index (χ2v) is 9.67. The Kier molecular flexibility index (Phi) is 7.41. The van der Waals surface area contributed by atoms with Crippen molar-refractivity contribution >= 4 is 0 Å². The Labute approximate surface area is 229 Å². The minimum absolute atomic E-state index is 0.232. The van der Waals surface area contributed by atoms with Crippen LogP contribution in [0, 0.1) is 0 Å². The molecule has 5 nitrogen and oxygen atoms in total. The van der Waals surface area contributed by atoms with Crippen LogP contribution in [0.5, 0.6) is 0 Å².